The third-order valence-corrected chi connectivity index (χ3v) is 5.44. The number of nitrogens with zero attached hydrogens (tertiary/aromatic N) is 5. The van der Waals surface area contributed by atoms with Gasteiger partial charge in [0.25, 0.3) is 5.89 Å². The molecule has 5 rings (SSSR count). The summed E-state index contributed by atoms with van der Waals surface area (Å²) in [5.41, 5.74) is 1.33. The van der Waals surface area contributed by atoms with E-state index < -0.39 is 17.4 Å². The van der Waals surface area contributed by atoms with Crippen molar-refractivity contribution in [3.63, 3.8) is 0 Å². The van der Waals surface area contributed by atoms with Crippen LogP contribution in [0.2, 0.25) is 5.02 Å². The second kappa shape index (κ2) is 8.91. The van der Waals surface area contributed by atoms with E-state index in [0.29, 0.717) is 16.1 Å². The van der Waals surface area contributed by atoms with Crippen LogP contribution in [0.5, 0.6) is 0 Å². The summed E-state index contributed by atoms with van der Waals surface area (Å²) in [4.78, 5) is 29.5. The van der Waals surface area contributed by atoms with Crippen molar-refractivity contribution in [2.45, 2.75) is 13.1 Å². The first-order chi connectivity index (χ1) is 16.5. The van der Waals surface area contributed by atoms with E-state index in [9.17, 15) is 14.0 Å². The van der Waals surface area contributed by atoms with Crippen LogP contribution in [0.1, 0.15) is 5.56 Å². The van der Waals surface area contributed by atoms with Crippen LogP contribution in [-0.2, 0) is 17.9 Å². The van der Waals surface area contributed by atoms with E-state index in [4.69, 9.17) is 16.1 Å². The van der Waals surface area contributed by atoms with E-state index in [1.54, 1.807) is 42.5 Å². The standard InChI is InChI=1S/C23H16ClFN6O3/c24-18-9-2-1-5-15(18)12-26-19(32)13-31-23(33)30-10-4-8-17(21(30)28-31)22-27-20(29-34-22)14-6-3-7-16(25)11-14/h1-11H,12-13H2,(H,26,32). The molecule has 0 radical (unpaired) electrons. The molecule has 11 heteroatoms. The number of amides is 1. The number of benzene rings is 2. The van der Waals surface area contributed by atoms with Crippen molar-refractivity contribution in [1.82, 2.24) is 29.6 Å². The third-order valence-electron chi connectivity index (χ3n) is 5.08. The minimum Gasteiger partial charge on any atom is -0.350 e. The molecule has 3 aromatic heterocycles. The lowest BCUT2D eigenvalue weighted by Crippen LogP contribution is -2.32. The van der Waals surface area contributed by atoms with Crippen LogP contribution in [0, 0.1) is 5.82 Å². The topological polar surface area (TPSA) is 107 Å². The lowest BCUT2D eigenvalue weighted by atomic mass is 10.2. The molecule has 0 saturated carbocycles. The maximum absolute atomic E-state index is 13.5. The number of hydrogen-bond acceptors (Lipinski definition) is 6. The first-order valence-corrected chi connectivity index (χ1v) is 10.6. The molecular weight excluding hydrogens is 463 g/mol. The minimum atomic E-state index is -0.505. The van der Waals surface area contributed by atoms with Crippen molar-refractivity contribution in [3.05, 3.63) is 93.7 Å². The van der Waals surface area contributed by atoms with Crippen LogP contribution in [0.15, 0.2) is 76.2 Å². The summed E-state index contributed by atoms with van der Waals surface area (Å²) in [6.45, 7) is -0.0699. The van der Waals surface area contributed by atoms with Crippen LogP contribution in [0.4, 0.5) is 4.39 Å². The number of hydrogen-bond donors (Lipinski definition) is 1. The molecule has 3 heterocycles. The summed E-state index contributed by atoms with van der Waals surface area (Å²) in [5.74, 6) is -0.537. The molecule has 1 N–H and O–H groups in total. The Labute approximate surface area is 196 Å². The molecule has 0 spiro atoms. The van der Waals surface area contributed by atoms with E-state index in [1.807, 2.05) is 6.07 Å². The SMILES string of the molecule is O=C(Cn1nc2c(-c3nc(-c4cccc(F)c4)no3)cccn2c1=O)NCc1ccccc1Cl. The van der Waals surface area contributed by atoms with Crippen molar-refractivity contribution in [3.8, 4) is 22.8 Å². The van der Waals surface area contributed by atoms with Crippen LogP contribution < -0.4 is 11.0 Å². The molecule has 170 valence electrons. The van der Waals surface area contributed by atoms with E-state index in [1.165, 1.54) is 22.7 Å². The Hall–Kier alpha value is -4.31. The van der Waals surface area contributed by atoms with E-state index >= 15 is 0 Å². The number of halogens is 2. The van der Waals surface area contributed by atoms with Crippen LogP contribution >= 0.6 is 11.6 Å². The number of rotatable bonds is 6. The maximum Gasteiger partial charge on any atom is 0.350 e. The highest BCUT2D eigenvalue weighted by Gasteiger charge is 2.18. The van der Waals surface area contributed by atoms with Gasteiger partial charge in [0.15, 0.2) is 5.65 Å². The normalized spacial score (nSPS) is 11.1. The Morgan fingerprint density at radius 2 is 1.97 bits per heavy atom. The number of fused-ring (bicyclic) bond motifs is 1. The molecule has 0 aliphatic carbocycles. The van der Waals surface area contributed by atoms with Gasteiger partial charge in [-0.3, -0.25) is 4.79 Å². The zero-order valence-corrected chi connectivity index (χ0v) is 18.2. The van der Waals surface area contributed by atoms with Gasteiger partial charge in [0, 0.05) is 23.3 Å². The highest BCUT2D eigenvalue weighted by atomic mass is 35.5. The molecule has 0 aliphatic heterocycles. The van der Waals surface area contributed by atoms with E-state index in [2.05, 4.69) is 20.6 Å². The molecule has 9 nitrogen and oxygen atoms in total. The molecule has 0 aliphatic rings. The molecular formula is C23H16ClFN6O3. The van der Waals surface area contributed by atoms with Gasteiger partial charge in [0.05, 0.1) is 5.56 Å². The van der Waals surface area contributed by atoms with Crippen molar-refractivity contribution < 1.29 is 13.7 Å². The molecule has 1 amide bonds. The Bertz CT molecular complexity index is 1570. The third kappa shape index (κ3) is 4.18. The molecule has 34 heavy (non-hydrogen) atoms. The smallest absolute Gasteiger partial charge is 0.350 e. The fourth-order valence-corrected chi connectivity index (χ4v) is 3.62. The molecule has 0 fully saturated rings. The van der Waals surface area contributed by atoms with Gasteiger partial charge >= 0.3 is 5.69 Å². The fraction of sp³-hybridized carbons (Fsp3) is 0.0870. The average Bonchev–Trinajstić information content (AvgIpc) is 3.44. The number of carbonyl (C=O) groups excluding carboxylic acids is 1. The van der Waals surface area contributed by atoms with Crippen molar-refractivity contribution >= 4 is 23.2 Å². The highest BCUT2D eigenvalue weighted by Crippen LogP contribution is 2.24. The summed E-state index contributed by atoms with van der Waals surface area (Å²) in [7, 11) is 0. The Morgan fingerprint density at radius 1 is 1.12 bits per heavy atom. The Balaban J connectivity index is 1.40. The van der Waals surface area contributed by atoms with Gasteiger partial charge in [-0.1, -0.05) is 47.1 Å². The van der Waals surface area contributed by atoms with Crippen molar-refractivity contribution in [2.24, 2.45) is 0 Å². The lowest BCUT2D eigenvalue weighted by Gasteiger charge is -2.06. The van der Waals surface area contributed by atoms with Gasteiger partial charge in [-0.05, 0) is 35.9 Å². The van der Waals surface area contributed by atoms with Gasteiger partial charge in [0.1, 0.15) is 12.4 Å². The number of carbonyl (C=O) groups is 1. The zero-order chi connectivity index (χ0) is 23.7. The molecule has 2 aromatic carbocycles. The van der Waals surface area contributed by atoms with Crippen LogP contribution in [0.3, 0.4) is 0 Å². The monoisotopic (exact) mass is 478 g/mol. The van der Waals surface area contributed by atoms with Gasteiger partial charge in [0.2, 0.25) is 11.7 Å². The number of pyridine rings is 1. The summed E-state index contributed by atoms with van der Waals surface area (Å²) >= 11 is 6.11. The summed E-state index contributed by atoms with van der Waals surface area (Å²) < 4.78 is 21.2. The second-order valence-electron chi connectivity index (χ2n) is 7.36. The second-order valence-corrected chi connectivity index (χ2v) is 7.76. The largest absolute Gasteiger partial charge is 0.350 e. The number of aromatic nitrogens is 5. The van der Waals surface area contributed by atoms with Crippen LogP contribution in [-0.4, -0.2) is 30.2 Å². The molecule has 0 atom stereocenters. The highest BCUT2D eigenvalue weighted by molar-refractivity contribution is 6.31. The molecule has 0 unspecified atom stereocenters. The minimum absolute atomic E-state index is 0.102. The van der Waals surface area contributed by atoms with Crippen molar-refractivity contribution in [2.75, 3.05) is 0 Å². The number of nitrogens with one attached hydrogen (secondary N) is 1. The first kappa shape index (κ1) is 21.5. The van der Waals surface area contributed by atoms with Gasteiger partial charge < -0.3 is 9.84 Å². The Morgan fingerprint density at radius 3 is 2.79 bits per heavy atom. The first-order valence-electron chi connectivity index (χ1n) is 10.2. The maximum atomic E-state index is 13.5. The molecule has 5 aromatic rings. The van der Waals surface area contributed by atoms with E-state index in [-0.39, 0.29) is 30.5 Å². The summed E-state index contributed by atoms with van der Waals surface area (Å²) in [6, 6.07) is 16.2. The average molecular weight is 479 g/mol. The molecule has 0 saturated heterocycles. The Kier molecular flexibility index (Phi) is 5.64. The molecule has 0 bridgehead atoms. The van der Waals surface area contributed by atoms with Crippen molar-refractivity contribution in [1.29, 1.82) is 0 Å². The predicted molar refractivity (Wildman–Crippen MR) is 121 cm³/mol. The van der Waals surface area contributed by atoms with Gasteiger partial charge in [-0.25, -0.2) is 18.3 Å². The van der Waals surface area contributed by atoms with Gasteiger partial charge in [-0.15, -0.1) is 5.10 Å². The zero-order valence-electron chi connectivity index (χ0n) is 17.5. The van der Waals surface area contributed by atoms with E-state index in [0.717, 1.165) is 10.2 Å². The lowest BCUT2D eigenvalue weighted by molar-refractivity contribution is -0.122. The summed E-state index contributed by atoms with van der Waals surface area (Å²) in [6.07, 6.45) is 1.52. The quantitative estimate of drug-likeness (QED) is 0.401. The van der Waals surface area contributed by atoms with Crippen LogP contribution in [0.25, 0.3) is 28.5 Å². The predicted octanol–water partition coefficient (Wildman–Crippen LogP) is 3.32. The summed E-state index contributed by atoms with van der Waals surface area (Å²) in [5, 5.41) is 11.5. The van der Waals surface area contributed by atoms with Gasteiger partial charge in [-0.2, -0.15) is 4.98 Å². The fourth-order valence-electron chi connectivity index (χ4n) is 3.41.